The highest BCUT2D eigenvalue weighted by atomic mass is 16.7. The summed E-state index contributed by atoms with van der Waals surface area (Å²) in [6.45, 7) is -0.0239. The molecule has 14 nitrogen and oxygen atoms in total. The Balaban J connectivity index is 1.05. The molecule has 3 aliphatic rings. The smallest absolute Gasteiger partial charge is 0.407 e. The Hall–Kier alpha value is -6.04. The van der Waals surface area contributed by atoms with Gasteiger partial charge in [0.2, 0.25) is 6.29 Å². The van der Waals surface area contributed by atoms with E-state index in [2.05, 4.69) is 16.2 Å². The lowest BCUT2D eigenvalue weighted by molar-refractivity contribution is -0.195. The van der Waals surface area contributed by atoms with Crippen molar-refractivity contribution < 1.29 is 53.0 Å². The monoisotopic (exact) mass is 725 g/mol. The van der Waals surface area contributed by atoms with Gasteiger partial charge in [0, 0.05) is 49.9 Å². The minimum atomic E-state index is -1.20. The number of aliphatic hydroxyl groups excluding tert-OH is 1. The van der Waals surface area contributed by atoms with Gasteiger partial charge < -0.3 is 48.9 Å². The van der Waals surface area contributed by atoms with E-state index in [-0.39, 0.29) is 56.0 Å². The van der Waals surface area contributed by atoms with Gasteiger partial charge in [-0.2, -0.15) is 0 Å². The number of benzene rings is 3. The molecule has 0 radical (unpaired) electrons. The summed E-state index contributed by atoms with van der Waals surface area (Å²) in [6.07, 6.45) is 6.30. The molecule has 3 aromatic carbocycles. The zero-order valence-electron chi connectivity index (χ0n) is 29.2. The van der Waals surface area contributed by atoms with Crippen LogP contribution < -0.4 is 24.3 Å². The SMILES string of the molecule is C#CCOc1cc(O[C@H]2CC(O)CC(C(=O)O)O2)ccc1COC(=O)NCCc1cc2c(cc1OC)C(=O)N1C=C(c3ccc(OC)cc3)CC1C=N2. The third-order valence-electron chi connectivity index (χ3n) is 8.97. The van der Waals surface area contributed by atoms with Crippen LogP contribution in [0.4, 0.5) is 10.5 Å². The Morgan fingerprint density at radius 1 is 1.04 bits per heavy atom. The van der Waals surface area contributed by atoms with Gasteiger partial charge in [-0.3, -0.25) is 9.79 Å². The Morgan fingerprint density at radius 2 is 1.83 bits per heavy atom. The van der Waals surface area contributed by atoms with E-state index in [1.807, 2.05) is 30.5 Å². The summed E-state index contributed by atoms with van der Waals surface area (Å²) in [4.78, 5) is 44.1. The number of carboxylic acid groups (broad SMARTS) is 1. The summed E-state index contributed by atoms with van der Waals surface area (Å²) in [6, 6.07) is 15.7. The molecule has 6 rings (SSSR count). The highest BCUT2D eigenvalue weighted by molar-refractivity contribution is 6.05. The van der Waals surface area contributed by atoms with Crippen molar-refractivity contribution in [2.45, 2.75) is 56.8 Å². The van der Waals surface area contributed by atoms with Crippen molar-refractivity contribution in [2.24, 2.45) is 4.99 Å². The van der Waals surface area contributed by atoms with Crippen molar-refractivity contribution in [3.8, 4) is 35.3 Å². The molecular weight excluding hydrogens is 686 g/mol. The maximum atomic E-state index is 13.7. The Bertz CT molecular complexity index is 1950. The van der Waals surface area contributed by atoms with Gasteiger partial charge in [-0.15, -0.1) is 6.42 Å². The molecule has 3 aromatic rings. The fourth-order valence-corrected chi connectivity index (χ4v) is 6.27. The number of aliphatic hydroxyl groups is 1. The average molecular weight is 726 g/mol. The van der Waals surface area contributed by atoms with Crippen LogP contribution >= 0.6 is 0 Å². The second kappa shape index (κ2) is 16.5. The Kier molecular flexibility index (Phi) is 11.5. The minimum absolute atomic E-state index is 0.0361. The highest BCUT2D eigenvalue weighted by Crippen LogP contribution is 2.37. The summed E-state index contributed by atoms with van der Waals surface area (Å²) in [5.41, 5.74) is 4.20. The van der Waals surface area contributed by atoms with Crippen LogP contribution in [-0.4, -0.2) is 91.2 Å². The first-order valence-corrected chi connectivity index (χ1v) is 16.9. The predicted molar refractivity (Wildman–Crippen MR) is 192 cm³/mol. The van der Waals surface area contributed by atoms with Crippen molar-refractivity contribution in [3.05, 3.63) is 83.1 Å². The van der Waals surface area contributed by atoms with Crippen molar-refractivity contribution in [3.63, 3.8) is 0 Å². The summed E-state index contributed by atoms with van der Waals surface area (Å²) in [5.74, 6) is 2.82. The number of nitrogens with one attached hydrogen (secondary N) is 1. The maximum Gasteiger partial charge on any atom is 0.407 e. The van der Waals surface area contributed by atoms with Gasteiger partial charge in [-0.05, 0) is 59.5 Å². The third kappa shape index (κ3) is 8.71. The number of fused-ring (bicyclic) bond motifs is 2. The number of terminal acetylenes is 1. The number of amides is 2. The molecule has 0 saturated carbocycles. The molecule has 276 valence electrons. The van der Waals surface area contributed by atoms with Crippen LogP contribution in [0, 0.1) is 12.3 Å². The van der Waals surface area contributed by atoms with E-state index in [9.17, 15) is 24.6 Å². The molecule has 1 fully saturated rings. The Morgan fingerprint density at radius 3 is 2.57 bits per heavy atom. The molecule has 14 heteroatoms. The second-order valence-corrected chi connectivity index (χ2v) is 12.5. The van der Waals surface area contributed by atoms with Crippen LogP contribution in [0.2, 0.25) is 0 Å². The average Bonchev–Trinajstić information content (AvgIpc) is 3.54. The summed E-state index contributed by atoms with van der Waals surface area (Å²) in [5, 5.41) is 22.1. The van der Waals surface area contributed by atoms with Crippen molar-refractivity contribution in [1.82, 2.24) is 10.2 Å². The lowest BCUT2D eigenvalue weighted by atomic mass is 10.0. The lowest BCUT2D eigenvalue weighted by Gasteiger charge is -2.31. The fraction of sp³-hybridized carbons (Fsp3) is 0.333. The van der Waals surface area contributed by atoms with Crippen molar-refractivity contribution in [1.29, 1.82) is 0 Å². The predicted octanol–water partition coefficient (Wildman–Crippen LogP) is 4.49. The van der Waals surface area contributed by atoms with E-state index in [1.165, 1.54) is 13.2 Å². The first-order chi connectivity index (χ1) is 25.6. The molecule has 3 heterocycles. The topological polar surface area (TPSA) is 175 Å². The lowest BCUT2D eigenvalue weighted by Crippen LogP contribution is -2.42. The normalized spacial score (nSPS) is 20.2. The standard InChI is InChI=1S/C39H39N3O11/c1-4-13-50-34-18-30(52-36-17-28(43)16-35(53-36)38(45)46)10-7-25(34)22-51-39(47)40-12-11-24-15-32-31(19-33(24)49-3)37(44)42-21-26(14-27(42)20-41-32)23-5-8-29(48-2)9-6-23/h1,5-10,15,18-21,27-28,35-36,43H,11-14,16-17,22H2,2-3H3,(H,40,47)(H,45,46)/t27?,28?,35?,36-/m1/s1. The number of carbonyl (C=O) groups is 3. The van der Waals surface area contributed by atoms with E-state index in [0.29, 0.717) is 35.4 Å². The third-order valence-corrected chi connectivity index (χ3v) is 8.97. The highest BCUT2D eigenvalue weighted by Gasteiger charge is 2.35. The number of aliphatic imine (C=N–C) groups is 1. The fourth-order valence-electron chi connectivity index (χ4n) is 6.27. The summed E-state index contributed by atoms with van der Waals surface area (Å²) < 4.78 is 33.2. The molecule has 0 bridgehead atoms. The Labute approximate surface area is 305 Å². The van der Waals surface area contributed by atoms with Gasteiger partial charge in [0.05, 0.1) is 37.6 Å². The first kappa shape index (κ1) is 36.7. The van der Waals surface area contributed by atoms with Crippen LogP contribution in [0.15, 0.2) is 65.8 Å². The van der Waals surface area contributed by atoms with E-state index in [0.717, 1.165) is 22.4 Å². The molecule has 0 aliphatic carbocycles. The van der Waals surface area contributed by atoms with E-state index in [1.54, 1.807) is 42.5 Å². The van der Waals surface area contributed by atoms with Gasteiger partial charge in [-0.1, -0.05) is 18.1 Å². The number of carbonyl (C=O) groups excluding carboxylic acids is 2. The van der Waals surface area contributed by atoms with Crippen LogP contribution in [0.25, 0.3) is 5.57 Å². The van der Waals surface area contributed by atoms with Crippen molar-refractivity contribution >= 4 is 35.4 Å². The van der Waals surface area contributed by atoms with Gasteiger partial charge in [0.1, 0.15) is 36.2 Å². The summed E-state index contributed by atoms with van der Waals surface area (Å²) >= 11 is 0. The second-order valence-electron chi connectivity index (χ2n) is 12.5. The van der Waals surface area contributed by atoms with Crippen LogP contribution in [-0.2, 0) is 27.3 Å². The number of aliphatic carboxylic acids is 1. The summed E-state index contributed by atoms with van der Waals surface area (Å²) in [7, 11) is 3.14. The molecular formula is C39H39N3O11. The van der Waals surface area contributed by atoms with Crippen LogP contribution in [0.1, 0.15) is 46.3 Å². The molecule has 2 amide bonds. The number of hydrogen-bond acceptors (Lipinski definition) is 11. The first-order valence-electron chi connectivity index (χ1n) is 16.9. The van der Waals surface area contributed by atoms with E-state index >= 15 is 0 Å². The number of methoxy groups -OCH3 is 2. The maximum absolute atomic E-state index is 13.7. The van der Waals surface area contributed by atoms with Crippen LogP contribution in [0.3, 0.4) is 0 Å². The van der Waals surface area contributed by atoms with Crippen LogP contribution in [0.5, 0.6) is 23.0 Å². The number of rotatable bonds is 13. The van der Waals surface area contributed by atoms with E-state index in [4.69, 9.17) is 34.8 Å². The molecule has 3 unspecified atom stereocenters. The number of nitrogens with zero attached hydrogens (tertiary/aromatic N) is 2. The van der Waals surface area contributed by atoms with Gasteiger partial charge in [0.15, 0.2) is 6.10 Å². The number of hydrogen-bond donors (Lipinski definition) is 3. The zero-order valence-corrected chi connectivity index (χ0v) is 29.2. The molecule has 53 heavy (non-hydrogen) atoms. The number of alkyl carbamates (subject to hydrolysis) is 1. The molecule has 4 atom stereocenters. The van der Waals surface area contributed by atoms with Gasteiger partial charge in [-0.25, -0.2) is 9.59 Å². The molecule has 0 spiro atoms. The van der Waals surface area contributed by atoms with E-state index < -0.39 is 30.6 Å². The molecule has 3 aliphatic heterocycles. The molecule has 3 N–H and O–H groups in total. The number of ether oxygens (including phenoxy) is 6. The molecule has 0 aromatic heterocycles. The largest absolute Gasteiger partial charge is 0.497 e. The van der Waals surface area contributed by atoms with Crippen molar-refractivity contribution in [2.75, 3.05) is 27.4 Å². The van der Waals surface area contributed by atoms with Gasteiger partial charge >= 0.3 is 12.1 Å². The zero-order chi connectivity index (χ0) is 37.5. The number of carboxylic acids is 1. The quantitative estimate of drug-likeness (QED) is 0.212. The van der Waals surface area contributed by atoms with Gasteiger partial charge in [0.25, 0.3) is 5.91 Å². The molecule has 1 saturated heterocycles. The minimum Gasteiger partial charge on any atom is -0.497 e.